The van der Waals surface area contributed by atoms with Gasteiger partial charge in [0, 0.05) is 38.6 Å². The van der Waals surface area contributed by atoms with Gasteiger partial charge in [-0.15, -0.1) is 0 Å². The quantitative estimate of drug-likeness (QED) is 0.814. The number of hydrogen-bond donors (Lipinski definition) is 0. The van der Waals surface area contributed by atoms with Crippen molar-refractivity contribution >= 4 is 10.0 Å². The second-order valence-electron chi connectivity index (χ2n) is 5.49. The van der Waals surface area contributed by atoms with Crippen molar-refractivity contribution < 1.29 is 13.2 Å². The Kier molecular flexibility index (Phi) is 4.82. The topological polar surface area (TPSA) is 64.4 Å². The number of piperidine rings is 1. The van der Waals surface area contributed by atoms with E-state index < -0.39 is 10.0 Å². The number of rotatable bonds is 5. The molecule has 6 nitrogen and oxygen atoms in total. The van der Waals surface area contributed by atoms with Crippen molar-refractivity contribution in [2.75, 3.05) is 26.5 Å². The molecule has 1 aromatic heterocycles. The van der Waals surface area contributed by atoms with Gasteiger partial charge in [0.15, 0.2) is 0 Å². The van der Waals surface area contributed by atoms with Gasteiger partial charge < -0.3 is 9.30 Å². The predicted octanol–water partition coefficient (Wildman–Crippen LogP) is 1.01. The van der Waals surface area contributed by atoms with Crippen LogP contribution in [0.2, 0.25) is 0 Å². The van der Waals surface area contributed by atoms with Gasteiger partial charge >= 0.3 is 0 Å². The molecule has 1 aliphatic heterocycles. The van der Waals surface area contributed by atoms with Crippen molar-refractivity contribution in [3.63, 3.8) is 0 Å². The van der Waals surface area contributed by atoms with Crippen LogP contribution in [0.25, 0.3) is 0 Å². The van der Waals surface area contributed by atoms with Crippen molar-refractivity contribution in [3.8, 4) is 0 Å². The van der Waals surface area contributed by atoms with Gasteiger partial charge in [0.05, 0.1) is 6.26 Å². The molecule has 0 aromatic carbocycles. The van der Waals surface area contributed by atoms with E-state index in [2.05, 4.69) is 9.55 Å². The van der Waals surface area contributed by atoms with E-state index in [0.717, 1.165) is 30.9 Å². The second-order valence-corrected chi connectivity index (χ2v) is 7.47. The maximum atomic E-state index is 11.7. The normalized spacial score (nSPS) is 21.2. The summed E-state index contributed by atoms with van der Waals surface area (Å²) >= 11 is 0. The molecular weight excluding hydrogens is 278 g/mol. The molecule has 0 spiro atoms. The van der Waals surface area contributed by atoms with Crippen LogP contribution >= 0.6 is 0 Å². The third-order valence-corrected chi connectivity index (χ3v) is 5.07. The Morgan fingerprint density at radius 1 is 1.50 bits per heavy atom. The van der Waals surface area contributed by atoms with Gasteiger partial charge in [-0.3, -0.25) is 0 Å². The van der Waals surface area contributed by atoms with Crippen LogP contribution in [0.1, 0.15) is 24.4 Å². The molecule has 1 unspecified atom stereocenters. The van der Waals surface area contributed by atoms with Gasteiger partial charge in [-0.25, -0.2) is 17.7 Å². The lowest BCUT2D eigenvalue weighted by Crippen LogP contribution is -2.40. The van der Waals surface area contributed by atoms with E-state index in [1.54, 1.807) is 11.4 Å². The molecule has 2 heterocycles. The van der Waals surface area contributed by atoms with Crippen molar-refractivity contribution in [2.45, 2.75) is 32.9 Å². The fraction of sp³-hybridized carbons (Fsp3) is 0.769. The monoisotopic (exact) mass is 301 g/mol. The summed E-state index contributed by atoms with van der Waals surface area (Å²) in [4.78, 5) is 4.34. The Morgan fingerprint density at radius 3 is 2.90 bits per heavy atom. The molecule has 114 valence electrons. The Morgan fingerprint density at radius 2 is 2.25 bits per heavy atom. The number of hydrogen-bond acceptors (Lipinski definition) is 4. The molecule has 0 aliphatic carbocycles. The van der Waals surface area contributed by atoms with Crippen LogP contribution in [0.15, 0.2) is 6.20 Å². The molecule has 1 aliphatic rings. The van der Waals surface area contributed by atoms with E-state index >= 15 is 0 Å². The summed E-state index contributed by atoms with van der Waals surface area (Å²) in [5, 5.41) is 0. The van der Waals surface area contributed by atoms with Gasteiger partial charge in [-0.05, 0) is 25.7 Å². The Hall–Kier alpha value is -0.920. The molecule has 1 aromatic rings. The minimum atomic E-state index is -3.08. The van der Waals surface area contributed by atoms with Gasteiger partial charge in [0.2, 0.25) is 10.0 Å². The molecule has 20 heavy (non-hydrogen) atoms. The number of nitrogens with zero attached hydrogens (tertiary/aromatic N) is 3. The molecule has 0 radical (unpaired) electrons. The predicted molar refractivity (Wildman–Crippen MR) is 76.8 cm³/mol. The van der Waals surface area contributed by atoms with Crippen molar-refractivity contribution in [3.05, 3.63) is 17.7 Å². The van der Waals surface area contributed by atoms with Gasteiger partial charge in [-0.2, -0.15) is 0 Å². The zero-order valence-electron chi connectivity index (χ0n) is 12.4. The zero-order valence-corrected chi connectivity index (χ0v) is 13.2. The average Bonchev–Trinajstić information content (AvgIpc) is 2.71. The van der Waals surface area contributed by atoms with Crippen molar-refractivity contribution in [1.82, 2.24) is 13.9 Å². The first kappa shape index (κ1) is 15.5. The van der Waals surface area contributed by atoms with E-state index in [1.807, 2.05) is 13.1 Å². The summed E-state index contributed by atoms with van der Waals surface area (Å²) in [6, 6.07) is 0. The highest BCUT2D eigenvalue weighted by atomic mass is 32.2. The largest absolute Gasteiger partial charge is 0.377 e. The maximum Gasteiger partial charge on any atom is 0.211 e. The summed E-state index contributed by atoms with van der Waals surface area (Å²) in [5.41, 5.74) is 1.09. The van der Waals surface area contributed by atoms with Gasteiger partial charge in [0.25, 0.3) is 0 Å². The van der Waals surface area contributed by atoms with Crippen molar-refractivity contribution in [2.24, 2.45) is 5.92 Å². The molecule has 1 fully saturated rings. The van der Waals surface area contributed by atoms with E-state index in [4.69, 9.17) is 4.74 Å². The number of methoxy groups -OCH3 is 1. The summed E-state index contributed by atoms with van der Waals surface area (Å²) in [6.45, 7) is 4.54. The number of imidazole rings is 1. The van der Waals surface area contributed by atoms with Crippen LogP contribution < -0.4 is 0 Å². The molecular formula is C13H23N3O3S. The molecule has 2 rings (SSSR count). The first-order valence-corrected chi connectivity index (χ1v) is 8.71. The highest BCUT2D eigenvalue weighted by molar-refractivity contribution is 7.88. The van der Waals surface area contributed by atoms with Gasteiger partial charge in [0.1, 0.15) is 12.4 Å². The standard InChI is InChI=1S/C13H23N3O3S/c1-11-7-14-13(10-19-2)16(11)9-12-5-4-6-15(8-12)20(3,17)18/h7,12H,4-6,8-10H2,1-3H3. The van der Waals surface area contributed by atoms with Crippen LogP contribution in [-0.2, 0) is 27.9 Å². The average molecular weight is 301 g/mol. The minimum absolute atomic E-state index is 0.335. The van der Waals surface area contributed by atoms with Gasteiger partial charge in [-0.1, -0.05) is 0 Å². The highest BCUT2D eigenvalue weighted by Crippen LogP contribution is 2.21. The number of aromatic nitrogens is 2. The molecule has 0 amide bonds. The summed E-state index contributed by atoms with van der Waals surface area (Å²) < 4.78 is 32.2. The smallest absolute Gasteiger partial charge is 0.211 e. The van der Waals surface area contributed by atoms with E-state index in [9.17, 15) is 8.42 Å². The lowest BCUT2D eigenvalue weighted by Gasteiger charge is -2.31. The Labute approximate surface area is 120 Å². The van der Waals surface area contributed by atoms with Crippen LogP contribution in [0.4, 0.5) is 0 Å². The molecule has 0 N–H and O–H groups in total. The lowest BCUT2D eigenvalue weighted by molar-refractivity contribution is 0.170. The third-order valence-electron chi connectivity index (χ3n) is 3.80. The molecule has 0 saturated carbocycles. The molecule has 1 atom stereocenters. The molecule has 7 heteroatoms. The van der Waals surface area contributed by atoms with Crippen LogP contribution in [-0.4, -0.2) is 48.7 Å². The summed E-state index contributed by atoms with van der Waals surface area (Å²) in [7, 11) is -1.43. The van der Waals surface area contributed by atoms with Crippen molar-refractivity contribution in [1.29, 1.82) is 0 Å². The zero-order chi connectivity index (χ0) is 14.8. The Bertz CT molecular complexity index is 553. The van der Waals surface area contributed by atoms with Crippen LogP contribution in [0, 0.1) is 12.8 Å². The highest BCUT2D eigenvalue weighted by Gasteiger charge is 2.26. The number of ether oxygens (including phenoxy) is 1. The SMILES string of the molecule is COCc1ncc(C)n1CC1CCCN(S(C)(=O)=O)C1. The van der Waals surface area contributed by atoms with E-state index in [-0.39, 0.29) is 0 Å². The fourth-order valence-corrected chi connectivity index (χ4v) is 3.68. The van der Waals surface area contributed by atoms with Crippen LogP contribution in [0.5, 0.6) is 0 Å². The first-order valence-electron chi connectivity index (χ1n) is 6.87. The summed E-state index contributed by atoms with van der Waals surface area (Å²) in [6.07, 6.45) is 5.10. The minimum Gasteiger partial charge on any atom is -0.377 e. The first-order chi connectivity index (χ1) is 9.41. The Balaban J connectivity index is 2.08. The molecule has 0 bridgehead atoms. The number of aryl methyl sites for hydroxylation is 1. The second kappa shape index (κ2) is 6.24. The van der Waals surface area contributed by atoms with Crippen LogP contribution in [0.3, 0.4) is 0 Å². The lowest BCUT2D eigenvalue weighted by atomic mass is 9.99. The van der Waals surface area contributed by atoms with E-state index in [0.29, 0.717) is 25.6 Å². The maximum absolute atomic E-state index is 11.7. The third kappa shape index (κ3) is 3.59. The number of sulfonamides is 1. The van der Waals surface area contributed by atoms with E-state index in [1.165, 1.54) is 6.26 Å². The fourth-order valence-electron chi connectivity index (χ4n) is 2.74. The molecule has 1 saturated heterocycles. The summed E-state index contributed by atoms with van der Waals surface area (Å²) in [5.74, 6) is 1.24.